The normalized spacial score (nSPS) is 28.5. The SMILES string of the molecule is C[C@H](O)[C@H]1C[C@@H]1c1ccc(Cl)cc1. The molecule has 0 unspecified atom stereocenters. The molecule has 0 spiro atoms. The Morgan fingerprint density at radius 1 is 1.38 bits per heavy atom. The van der Waals surface area contributed by atoms with E-state index in [2.05, 4.69) is 12.1 Å². The molecule has 1 saturated carbocycles. The summed E-state index contributed by atoms with van der Waals surface area (Å²) in [4.78, 5) is 0. The van der Waals surface area contributed by atoms with Crippen molar-refractivity contribution in [3.05, 3.63) is 34.9 Å². The number of aliphatic hydroxyl groups is 1. The van der Waals surface area contributed by atoms with Crippen LogP contribution in [0.4, 0.5) is 0 Å². The van der Waals surface area contributed by atoms with Gasteiger partial charge in [-0.2, -0.15) is 0 Å². The van der Waals surface area contributed by atoms with Crippen LogP contribution in [-0.4, -0.2) is 11.2 Å². The summed E-state index contributed by atoms with van der Waals surface area (Å²) in [6.45, 7) is 1.86. The standard InChI is InChI=1S/C11H13ClO/c1-7(13)10-6-11(10)8-2-4-9(12)5-3-8/h2-5,7,10-11,13H,6H2,1H3/t7-,10+,11+/m0/s1. The molecule has 0 aromatic heterocycles. The summed E-state index contributed by atoms with van der Waals surface area (Å²) in [7, 11) is 0. The minimum Gasteiger partial charge on any atom is -0.393 e. The molecule has 1 aliphatic carbocycles. The number of hydrogen-bond donors (Lipinski definition) is 1. The first-order valence-electron chi connectivity index (χ1n) is 4.62. The quantitative estimate of drug-likeness (QED) is 0.772. The lowest BCUT2D eigenvalue weighted by Crippen LogP contribution is -2.03. The summed E-state index contributed by atoms with van der Waals surface area (Å²) >= 11 is 5.79. The van der Waals surface area contributed by atoms with Crippen molar-refractivity contribution in [2.75, 3.05) is 0 Å². The number of hydrogen-bond acceptors (Lipinski definition) is 1. The van der Waals surface area contributed by atoms with Crippen LogP contribution in [0.25, 0.3) is 0 Å². The zero-order chi connectivity index (χ0) is 9.42. The van der Waals surface area contributed by atoms with Gasteiger partial charge in [-0.25, -0.2) is 0 Å². The third-order valence-electron chi connectivity index (χ3n) is 2.76. The van der Waals surface area contributed by atoms with E-state index >= 15 is 0 Å². The first kappa shape index (κ1) is 9.04. The van der Waals surface area contributed by atoms with Crippen molar-refractivity contribution < 1.29 is 5.11 Å². The van der Waals surface area contributed by atoms with Crippen molar-refractivity contribution in [1.82, 2.24) is 0 Å². The van der Waals surface area contributed by atoms with Crippen molar-refractivity contribution in [3.8, 4) is 0 Å². The molecule has 1 nitrogen and oxygen atoms in total. The molecule has 70 valence electrons. The largest absolute Gasteiger partial charge is 0.393 e. The highest BCUT2D eigenvalue weighted by atomic mass is 35.5. The summed E-state index contributed by atoms with van der Waals surface area (Å²) in [6, 6.07) is 7.92. The predicted molar refractivity (Wildman–Crippen MR) is 54.0 cm³/mol. The van der Waals surface area contributed by atoms with Gasteiger partial charge in [-0.05, 0) is 42.9 Å². The summed E-state index contributed by atoms with van der Waals surface area (Å²) in [5, 5.41) is 10.1. The van der Waals surface area contributed by atoms with Crippen LogP contribution in [0.2, 0.25) is 5.02 Å². The molecular formula is C11H13ClO. The van der Waals surface area contributed by atoms with Gasteiger partial charge in [-0.1, -0.05) is 23.7 Å². The maximum absolute atomic E-state index is 9.35. The molecule has 0 aliphatic heterocycles. The Bertz CT molecular complexity index is 291. The molecule has 13 heavy (non-hydrogen) atoms. The second-order valence-electron chi connectivity index (χ2n) is 3.80. The van der Waals surface area contributed by atoms with Gasteiger partial charge >= 0.3 is 0 Å². The minimum absolute atomic E-state index is 0.180. The topological polar surface area (TPSA) is 20.2 Å². The lowest BCUT2D eigenvalue weighted by molar-refractivity contribution is 0.169. The van der Waals surface area contributed by atoms with Gasteiger partial charge in [-0.15, -0.1) is 0 Å². The summed E-state index contributed by atoms with van der Waals surface area (Å²) in [5.74, 6) is 1.01. The second-order valence-corrected chi connectivity index (χ2v) is 4.23. The van der Waals surface area contributed by atoms with Crippen LogP contribution in [0.1, 0.15) is 24.8 Å². The van der Waals surface area contributed by atoms with Crippen LogP contribution in [0, 0.1) is 5.92 Å². The van der Waals surface area contributed by atoms with Crippen molar-refractivity contribution in [2.24, 2.45) is 5.92 Å². The average Bonchev–Trinajstić information content (AvgIpc) is 2.85. The third kappa shape index (κ3) is 1.87. The Labute approximate surface area is 83.3 Å². The van der Waals surface area contributed by atoms with Crippen molar-refractivity contribution in [1.29, 1.82) is 0 Å². The fourth-order valence-electron chi connectivity index (χ4n) is 1.84. The maximum Gasteiger partial charge on any atom is 0.0546 e. The lowest BCUT2D eigenvalue weighted by atomic mass is 10.1. The molecule has 0 saturated heterocycles. The Morgan fingerprint density at radius 2 is 2.00 bits per heavy atom. The van der Waals surface area contributed by atoms with Crippen LogP contribution >= 0.6 is 11.6 Å². The van der Waals surface area contributed by atoms with Gasteiger partial charge in [0.05, 0.1) is 6.10 Å². The van der Waals surface area contributed by atoms with Gasteiger partial charge in [0.15, 0.2) is 0 Å². The predicted octanol–water partition coefficient (Wildman–Crippen LogP) is 2.82. The van der Waals surface area contributed by atoms with Crippen molar-refractivity contribution >= 4 is 11.6 Å². The highest BCUT2D eigenvalue weighted by molar-refractivity contribution is 6.30. The fourth-order valence-corrected chi connectivity index (χ4v) is 1.97. The van der Waals surface area contributed by atoms with Crippen LogP contribution in [0.5, 0.6) is 0 Å². The molecular weight excluding hydrogens is 184 g/mol. The van der Waals surface area contributed by atoms with Crippen LogP contribution in [-0.2, 0) is 0 Å². The molecule has 1 fully saturated rings. The van der Waals surface area contributed by atoms with Crippen LogP contribution in [0.3, 0.4) is 0 Å². The maximum atomic E-state index is 9.35. The van der Waals surface area contributed by atoms with Crippen LogP contribution in [0.15, 0.2) is 24.3 Å². The van der Waals surface area contributed by atoms with Crippen molar-refractivity contribution in [2.45, 2.75) is 25.4 Å². The van der Waals surface area contributed by atoms with E-state index in [-0.39, 0.29) is 6.10 Å². The van der Waals surface area contributed by atoms with Gasteiger partial charge in [0, 0.05) is 5.02 Å². The number of aliphatic hydroxyl groups excluding tert-OH is 1. The molecule has 3 atom stereocenters. The summed E-state index contributed by atoms with van der Waals surface area (Å²) < 4.78 is 0. The first-order chi connectivity index (χ1) is 6.18. The van der Waals surface area contributed by atoms with E-state index in [1.807, 2.05) is 19.1 Å². The Morgan fingerprint density at radius 3 is 2.46 bits per heavy atom. The highest BCUT2D eigenvalue weighted by Crippen LogP contribution is 2.49. The van der Waals surface area contributed by atoms with Gasteiger partial charge < -0.3 is 5.11 Å². The third-order valence-corrected chi connectivity index (χ3v) is 3.01. The lowest BCUT2D eigenvalue weighted by Gasteiger charge is -2.02. The van der Waals surface area contributed by atoms with E-state index in [0.29, 0.717) is 11.8 Å². The Hall–Kier alpha value is -0.530. The first-order valence-corrected chi connectivity index (χ1v) is 5.00. The summed E-state index contributed by atoms with van der Waals surface area (Å²) in [5.41, 5.74) is 1.30. The van der Waals surface area contributed by atoms with Gasteiger partial charge in [0.1, 0.15) is 0 Å². The number of rotatable bonds is 2. The summed E-state index contributed by atoms with van der Waals surface area (Å²) in [6.07, 6.45) is 0.930. The molecule has 1 N–H and O–H groups in total. The van der Waals surface area contributed by atoms with Crippen molar-refractivity contribution in [3.63, 3.8) is 0 Å². The van der Waals surface area contributed by atoms with E-state index in [0.717, 1.165) is 11.4 Å². The Kier molecular flexibility index (Phi) is 2.31. The minimum atomic E-state index is -0.180. The molecule has 2 heteroatoms. The highest BCUT2D eigenvalue weighted by Gasteiger charge is 2.41. The monoisotopic (exact) mass is 196 g/mol. The van der Waals surface area contributed by atoms with E-state index in [1.165, 1.54) is 5.56 Å². The molecule has 1 aromatic rings. The van der Waals surface area contributed by atoms with Gasteiger partial charge in [-0.3, -0.25) is 0 Å². The number of halogens is 1. The second kappa shape index (κ2) is 3.32. The fraction of sp³-hybridized carbons (Fsp3) is 0.455. The number of benzene rings is 1. The average molecular weight is 197 g/mol. The molecule has 1 aromatic carbocycles. The van der Waals surface area contributed by atoms with E-state index in [1.54, 1.807) is 0 Å². The zero-order valence-corrected chi connectivity index (χ0v) is 8.33. The molecule has 1 aliphatic rings. The van der Waals surface area contributed by atoms with E-state index in [4.69, 9.17) is 11.6 Å². The Balaban J connectivity index is 2.08. The molecule has 2 rings (SSSR count). The molecule has 0 amide bonds. The zero-order valence-electron chi connectivity index (χ0n) is 7.57. The smallest absolute Gasteiger partial charge is 0.0546 e. The van der Waals surface area contributed by atoms with E-state index < -0.39 is 0 Å². The van der Waals surface area contributed by atoms with Crippen LogP contribution < -0.4 is 0 Å². The molecule has 0 radical (unpaired) electrons. The molecule has 0 bridgehead atoms. The van der Waals surface area contributed by atoms with E-state index in [9.17, 15) is 5.11 Å². The van der Waals surface area contributed by atoms with Gasteiger partial charge in [0.2, 0.25) is 0 Å². The van der Waals surface area contributed by atoms with Gasteiger partial charge in [0.25, 0.3) is 0 Å². The molecule has 0 heterocycles.